The van der Waals surface area contributed by atoms with Crippen molar-refractivity contribution in [3.05, 3.63) is 24.0 Å². The van der Waals surface area contributed by atoms with Gasteiger partial charge in [-0.25, -0.2) is 4.39 Å². The fraction of sp³-hybridized carbons (Fsp3) is 0.600. The lowest BCUT2D eigenvalue weighted by Crippen LogP contribution is -2.22. The Balaban J connectivity index is 1.83. The van der Waals surface area contributed by atoms with Crippen LogP contribution in [0.1, 0.15) is 32.1 Å². The number of anilines is 1. The smallest absolute Gasteiger partial charge is 0.146 e. The highest BCUT2D eigenvalue weighted by Gasteiger charge is 2.18. The minimum absolute atomic E-state index is 0.325. The lowest BCUT2D eigenvalue weighted by Gasteiger charge is -2.17. The topological polar surface area (TPSA) is 41.5 Å². The molecule has 0 bridgehead atoms. The van der Waals surface area contributed by atoms with Crippen molar-refractivity contribution in [2.24, 2.45) is 5.92 Å². The van der Waals surface area contributed by atoms with E-state index in [2.05, 4.69) is 5.32 Å². The molecule has 2 N–H and O–H groups in total. The third-order valence-corrected chi connectivity index (χ3v) is 3.78. The molecule has 0 heterocycles. The predicted octanol–water partition coefficient (Wildman–Crippen LogP) is 3.19. The van der Waals surface area contributed by atoms with Crippen molar-refractivity contribution in [2.45, 2.75) is 38.2 Å². The van der Waals surface area contributed by atoms with Gasteiger partial charge in [-0.05, 0) is 24.5 Å². The summed E-state index contributed by atoms with van der Waals surface area (Å²) in [6.45, 7) is 0.376. The van der Waals surface area contributed by atoms with Crippen LogP contribution in [0.15, 0.2) is 18.2 Å². The molecule has 0 aliphatic heterocycles. The van der Waals surface area contributed by atoms with Crippen LogP contribution in [0.2, 0.25) is 0 Å². The summed E-state index contributed by atoms with van der Waals surface area (Å²) in [5, 5.41) is 12.9. The van der Waals surface area contributed by atoms with Gasteiger partial charge in [0.15, 0.2) is 0 Å². The number of rotatable bonds is 6. The number of ether oxygens (including phenoxy) is 1. The van der Waals surface area contributed by atoms with Crippen LogP contribution in [0.3, 0.4) is 0 Å². The van der Waals surface area contributed by atoms with Crippen LogP contribution in [0, 0.1) is 11.7 Å². The Hall–Kier alpha value is -1.29. The highest BCUT2D eigenvalue weighted by molar-refractivity contribution is 5.49. The highest BCUT2D eigenvalue weighted by Crippen LogP contribution is 2.28. The van der Waals surface area contributed by atoms with E-state index < -0.39 is 6.10 Å². The largest absolute Gasteiger partial charge is 0.497 e. The van der Waals surface area contributed by atoms with Crippen LogP contribution >= 0.6 is 0 Å². The number of aliphatic hydroxyl groups excluding tert-OH is 1. The van der Waals surface area contributed by atoms with Crippen molar-refractivity contribution in [1.82, 2.24) is 0 Å². The van der Waals surface area contributed by atoms with E-state index in [0.29, 0.717) is 23.9 Å². The molecular weight excluding hydrogens is 245 g/mol. The van der Waals surface area contributed by atoms with Gasteiger partial charge in [0, 0.05) is 12.6 Å². The molecule has 0 radical (unpaired) electrons. The Bertz CT molecular complexity index is 405. The van der Waals surface area contributed by atoms with E-state index in [1.54, 1.807) is 19.2 Å². The fourth-order valence-electron chi connectivity index (χ4n) is 2.71. The fourth-order valence-corrected chi connectivity index (χ4v) is 2.71. The summed E-state index contributed by atoms with van der Waals surface area (Å²) >= 11 is 0. The first kappa shape index (κ1) is 14.1. The molecule has 1 atom stereocenters. The van der Waals surface area contributed by atoms with Gasteiger partial charge >= 0.3 is 0 Å². The Morgan fingerprint density at radius 2 is 2.16 bits per heavy atom. The second kappa shape index (κ2) is 6.75. The number of halogens is 1. The van der Waals surface area contributed by atoms with Crippen molar-refractivity contribution in [1.29, 1.82) is 0 Å². The van der Waals surface area contributed by atoms with E-state index in [4.69, 9.17) is 4.74 Å². The molecule has 0 amide bonds. The third kappa shape index (κ3) is 4.10. The van der Waals surface area contributed by atoms with E-state index >= 15 is 0 Å². The summed E-state index contributed by atoms with van der Waals surface area (Å²) < 4.78 is 18.6. The summed E-state index contributed by atoms with van der Waals surface area (Å²) in [7, 11) is 1.55. The van der Waals surface area contributed by atoms with Gasteiger partial charge in [-0.1, -0.05) is 25.7 Å². The maximum absolute atomic E-state index is 13.6. The maximum Gasteiger partial charge on any atom is 0.146 e. The normalized spacial score (nSPS) is 17.4. The van der Waals surface area contributed by atoms with E-state index in [9.17, 15) is 9.50 Å². The standard InChI is InChI=1S/C15H22FNO2/c1-19-13-6-7-14(16)15(9-13)17-10-12(18)8-11-4-2-3-5-11/h6-7,9,11-12,17-18H,2-5,8,10H2,1H3. The molecule has 4 heteroatoms. The minimum atomic E-state index is -0.422. The summed E-state index contributed by atoms with van der Waals surface area (Å²) in [6.07, 6.45) is 5.35. The number of aliphatic hydroxyl groups is 1. The zero-order valence-corrected chi connectivity index (χ0v) is 11.4. The molecule has 1 aromatic carbocycles. The average molecular weight is 267 g/mol. The first-order valence-electron chi connectivity index (χ1n) is 6.94. The van der Waals surface area contributed by atoms with Gasteiger partial charge in [0.25, 0.3) is 0 Å². The van der Waals surface area contributed by atoms with Crippen molar-refractivity contribution in [2.75, 3.05) is 19.0 Å². The van der Waals surface area contributed by atoms with Crippen molar-refractivity contribution in [3.63, 3.8) is 0 Å². The van der Waals surface area contributed by atoms with Gasteiger partial charge in [-0.2, -0.15) is 0 Å². The number of nitrogens with one attached hydrogen (secondary N) is 1. The number of methoxy groups -OCH3 is 1. The first-order valence-corrected chi connectivity index (χ1v) is 6.94. The van der Waals surface area contributed by atoms with Gasteiger partial charge in [0.2, 0.25) is 0 Å². The zero-order valence-electron chi connectivity index (χ0n) is 11.4. The van der Waals surface area contributed by atoms with Crippen LogP contribution in [-0.4, -0.2) is 24.9 Å². The molecule has 106 valence electrons. The molecular formula is C15H22FNO2. The molecule has 19 heavy (non-hydrogen) atoms. The lowest BCUT2D eigenvalue weighted by molar-refractivity contribution is 0.155. The Morgan fingerprint density at radius 1 is 1.42 bits per heavy atom. The monoisotopic (exact) mass is 267 g/mol. The summed E-state index contributed by atoms with van der Waals surface area (Å²) in [5.74, 6) is 0.912. The molecule has 1 aromatic rings. The lowest BCUT2D eigenvalue weighted by atomic mass is 10.00. The Labute approximate surface area is 113 Å². The van der Waals surface area contributed by atoms with E-state index in [1.165, 1.54) is 31.7 Å². The van der Waals surface area contributed by atoms with E-state index in [-0.39, 0.29) is 5.82 Å². The van der Waals surface area contributed by atoms with Crippen LogP contribution < -0.4 is 10.1 Å². The van der Waals surface area contributed by atoms with Crippen LogP contribution in [0.4, 0.5) is 10.1 Å². The van der Waals surface area contributed by atoms with Crippen molar-refractivity contribution in [3.8, 4) is 5.75 Å². The second-order valence-corrected chi connectivity index (χ2v) is 5.27. The zero-order chi connectivity index (χ0) is 13.7. The Kier molecular flexibility index (Phi) is 5.02. The number of hydrogen-bond acceptors (Lipinski definition) is 3. The summed E-state index contributed by atoms with van der Waals surface area (Å²) in [4.78, 5) is 0. The molecule has 0 aromatic heterocycles. The highest BCUT2D eigenvalue weighted by atomic mass is 19.1. The van der Waals surface area contributed by atoms with E-state index in [1.807, 2.05) is 0 Å². The van der Waals surface area contributed by atoms with Crippen LogP contribution in [0.25, 0.3) is 0 Å². The SMILES string of the molecule is COc1ccc(F)c(NCC(O)CC2CCCC2)c1. The maximum atomic E-state index is 13.6. The van der Waals surface area contributed by atoms with Gasteiger partial charge in [0.05, 0.1) is 18.9 Å². The molecule has 1 aliphatic rings. The van der Waals surface area contributed by atoms with Gasteiger partial charge in [0.1, 0.15) is 11.6 Å². The van der Waals surface area contributed by atoms with Gasteiger partial charge < -0.3 is 15.2 Å². The quantitative estimate of drug-likeness (QED) is 0.831. The first-order chi connectivity index (χ1) is 9.19. The molecule has 1 fully saturated rings. The summed E-state index contributed by atoms with van der Waals surface area (Å²) in [5.41, 5.74) is 0.379. The third-order valence-electron chi connectivity index (χ3n) is 3.78. The van der Waals surface area contributed by atoms with Crippen molar-refractivity contribution >= 4 is 5.69 Å². The Morgan fingerprint density at radius 3 is 2.84 bits per heavy atom. The number of hydrogen-bond donors (Lipinski definition) is 2. The predicted molar refractivity (Wildman–Crippen MR) is 74.0 cm³/mol. The molecule has 1 saturated carbocycles. The second-order valence-electron chi connectivity index (χ2n) is 5.27. The van der Waals surface area contributed by atoms with Gasteiger partial charge in [-0.15, -0.1) is 0 Å². The van der Waals surface area contributed by atoms with Crippen LogP contribution in [0.5, 0.6) is 5.75 Å². The van der Waals surface area contributed by atoms with Crippen molar-refractivity contribution < 1.29 is 14.2 Å². The molecule has 0 spiro atoms. The molecule has 0 saturated heterocycles. The average Bonchev–Trinajstić information content (AvgIpc) is 2.90. The van der Waals surface area contributed by atoms with Crippen LogP contribution in [-0.2, 0) is 0 Å². The molecule has 2 rings (SSSR count). The van der Waals surface area contributed by atoms with E-state index in [0.717, 1.165) is 6.42 Å². The summed E-state index contributed by atoms with van der Waals surface area (Å²) in [6, 6.07) is 4.55. The minimum Gasteiger partial charge on any atom is -0.497 e. The molecule has 1 aliphatic carbocycles. The molecule has 3 nitrogen and oxygen atoms in total. The van der Waals surface area contributed by atoms with Gasteiger partial charge in [-0.3, -0.25) is 0 Å². The number of benzene rings is 1. The molecule has 1 unspecified atom stereocenters.